The van der Waals surface area contributed by atoms with Crippen LogP contribution in [-0.4, -0.2) is 193 Å². The van der Waals surface area contributed by atoms with Gasteiger partial charge in [0.1, 0.15) is 73.2 Å². The molecule has 3 heterocycles. The summed E-state index contributed by atoms with van der Waals surface area (Å²) in [6.45, 7) is 1.73. The first-order valence-corrected chi connectivity index (χ1v) is 39.0. The molecule has 0 saturated carbocycles. The lowest BCUT2D eigenvalue weighted by molar-refractivity contribution is -0.379. The van der Waals surface area contributed by atoms with Gasteiger partial charge in [-0.3, -0.25) is 4.79 Å². The number of rotatable bonds is 61. The number of carbonyl (C=O) groups is 1. The number of amides is 1. The highest BCUT2D eigenvalue weighted by molar-refractivity contribution is 5.76. The molecule has 0 radical (unpaired) electrons. The molecule has 566 valence electrons. The van der Waals surface area contributed by atoms with Gasteiger partial charge in [-0.15, -0.1) is 0 Å². The maximum Gasteiger partial charge on any atom is 0.220 e. The average molecular weight is 1380 g/mol. The summed E-state index contributed by atoms with van der Waals surface area (Å²) in [5.74, 6) is -0.286. The molecule has 0 aromatic heterocycles. The molecule has 0 aromatic carbocycles. The molecule has 3 aliphatic heterocycles. The smallest absolute Gasteiger partial charge is 0.220 e. The van der Waals surface area contributed by atoms with Crippen LogP contribution in [0.15, 0.2) is 60.8 Å². The van der Waals surface area contributed by atoms with Gasteiger partial charge in [-0.2, -0.15) is 0 Å². The monoisotopic (exact) mass is 1380 g/mol. The number of hydrogen-bond donors (Lipinski definition) is 12. The van der Waals surface area contributed by atoms with Crippen molar-refractivity contribution in [2.24, 2.45) is 0 Å². The molecular weight excluding hydrogens is 1240 g/mol. The molecule has 0 aromatic rings. The largest absolute Gasteiger partial charge is 0.394 e. The summed E-state index contributed by atoms with van der Waals surface area (Å²) < 4.78 is 34.4. The Balaban J connectivity index is 1.39. The highest BCUT2D eigenvalue weighted by Gasteiger charge is 2.53. The van der Waals surface area contributed by atoms with Crippen molar-refractivity contribution in [1.82, 2.24) is 5.32 Å². The van der Waals surface area contributed by atoms with Gasteiger partial charge in [0, 0.05) is 6.42 Å². The normalized spacial score (nSPS) is 27.2. The lowest BCUT2D eigenvalue weighted by Crippen LogP contribution is -2.66. The van der Waals surface area contributed by atoms with Crippen molar-refractivity contribution < 1.29 is 89.4 Å². The second-order valence-electron chi connectivity index (χ2n) is 27.8. The van der Waals surface area contributed by atoms with Gasteiger partial charge in [-0.05, 0) is 77.0 Å². The summed E-state index contributed by atoms with van der Waals surface area (Å²) in [6, 6.07) is -0.998. The zero-order valence-electron chi connectivity index (χ0n) is 60.3. The van der Waals surface area contributed by atoms with Crippen LogP contribution >= 0.6 is 0 Å². The number of hydrogen-bond acceptors (Lipinski definition) is 18. The molecule has 19 nitrogen and oxygen atoms in total. The molecule has 0 spiro atoms. The van der Waals surface area contributed by atoms with E-state index >= 15 is 0 Å². The predicted molar refractivity (Wildman–Crippen MR) is 383 cm³/mol. The van der Waals surface area contributed by atoms with Gasteiger partial charge in [0.05, 0.1) is 38.6 Å². The second-order valence-corrected chi connectivity index (χ2v) is 27.8. The first-order valence-electron chi connectivity index (χ1n) is 39.0. The Morgan fingerprint density at radius 2 is 0.691 bits per heavy atom. The third-order valence-corrected chi connectivity index (χ3v) is 19.3. The average Bonchev–Trinajstić information content (AvgIpc) is 0.798. The van der Waals surface area contributed by atoms with E-state index in [9.17, 15) is 61.0 Å². The van der Waals surface area contributed by atoms with Gasteiger partial charge in [-0.1, -0.05) is 274 Å². The molecule has 97 heavy (non-hydrogen) atoms. The van der Waals surface area contributed by atoms with Gasteiger partial charge < -0.3 is 89.9 Å². The van der Waals surface area contributed by atoms with E-state index in [0.29, 0.717) is 12.8 Å². The van der Waals surface area contributed by atoms with Crippen LogP contribution in [0.5, 0.6) is 0 Å². The summed E-state index contributed by atoms with van der Waals surface area (Å²) in [6.07, 6.45) is 47.8. The minimum atomic E-state index is -1.98. The molecule has 3 rings (SSSR count). The standard InChI is InChI=1S/C78H141NO18/c1-3-5-7-9-11-13-15-17-19-21-23-25-26-27-28-29-30-31-32-33-34-36-38-40-42-44-46-48-50-52-54-56-66(84)79-61(62(83)55-53-51-49-47-45-43-41-39-37-35-24-22-20-18-16-14-12-10-8-6-4-2)60-92-76-72(90)69(87)74(64(58-81)94-76)97-78-73(91)70(88)75(65(59-82)95-78)96-77-71(89)68(86)67(85)63(57-80)93-77/h15,17,21,23,37,39,45,47,53,55,61-65,67-78,80-83,85-91H,3-14,16,18-20,22,24-36,38,40-44,46,48-52,54,56-60H2,1-2H3,(H,79,84)/b17-15-,23-21-,39-37+,47-45+,55-53+. The Kier molecular flexibility index (Phi) is 53.9. The van der Waals surface area contributed by atoms with E-state index in [1.165, 1.54) is 212 Å². The van der Waals surface area contributed by atoms with Crippen molar-refractivity contribution in [3.8, 4) is 0 Å². The molecule has 1 amide bonds. The van der Waals surface area contributed by atoms with E-state index in [1.54, 1.807) is 6.08 Å². The van der Waals surface area contributed by atoms with Crippen LogP contribution in [0.2, 0.25) is 0 Å². The van der Waals surface area contributed by atoms with Gasteiger partial charge in [0.15, 0.2) is 18.9 Å². The number of unbranched alkanes of at least 4 members (excludes halogenated alkanes) is 37. The Labute approximate surface area is 586 Å². The zero-order chi connectivity index (χ0) is 70.4. The molecular formula is C78H141NO18. The SMILES string of the molecule is CCCCCCC/C=C\C/C=C\CCCCCCCCCCCCCCCCCCCCCC(=O)NC(COC1OC(CO)C(OC2OC(CO)C(OC3OC(CO)C(O)C(O)C3O)C(O)C2O)C(O)C1O)C(O)/C=C/CC/C=C/CC/C=C/CCCCCCCCCCCCC. The fraction of sp³-hybridized carbons (Fsp3) is 0.859. The first-order chi connectivity index (χ1) is 47.3. The Hall–Kier alpha value is -2.51. The highest BCUT2D eigenvalue weighted by atomic mass is 16.8. The van der Waals surface area contributed by atoms with E-state index in [0.717, 1.165) is 51.4 Å². The van der Waals surface area contributed by atoms with Gasteiger partial charge in [0.2, 0.25) is 5.91 Å². The molecule has 0 aliphatic carbocycles. The molecule has 19 heteroatoms. The lowest BCUT2D eigenvalue weighted by Gasteiger charge is -2.48. The summed E-state index contributed by atoms with van der Waals surface area (Å²) in [5, 5.41) is 121. The summed E-state index contributed by atoms with van der Waals surface area (Å²) >= 11 is 0. The van der Waals surface area contributed by atoms with Gasteiger partial charge in [-0.25, -0.2) is 0 Å². The Bertz CT molecular complexity index is 1990. The van der Waals surface area contributed by atoms with Crippen LogP contribution in [0.25, 0.3) is 0 Å². The molecule has 3 saturated heterocycles. The highest BCUT2D eigenvalue weighted by Crippen LogP contribution is 2.33. The molecule has 0 bridgehead atoms. The topological polar surface area (TPSA) is 307 Å². The maximum absolute atomic E-state index is 13.5. The molecule has 3 fully saturated rings. The van der Waals surface area contributed by atoms with Crippen molar-refractivity contribution in [1.29, 1.82) is 0 Å². The maximum atomic E-state index is 13.5. The van der Waals surface area contributed by atoms with E-state index in [2.05, 4.69) is 67.8 Å². The fourth-order valence-corrected chi connectivity index (χ4v) is 13.0. The summed E-state index contributed by atoms with van der Waals surface area (Å²) in [5.41, 5.74) is 0. The molecule has 17 unspecified atom stereocenters. The van der Waals surface area contributed by atoms with Crippen molar-refractivity contribution in [3.63, 3.8) is 0 Å². The van der Waals surface area contributed by atoms with Crippen LogP contribution < -0.4 is 5.32 Å². The van der Waals surface area contributed by atoms with Crippen LogP contribution in [0.3, 0.4) is 0 Å². The number of ether oxygens (including phenoxy) is 6. The number of aliphatic hydroxyl groups is 11. The van der Waals surface area contributed by atoms with E-state index < -0.39 is 124 Å². The first kappa shape index (κ1) is 88.7. The lowest BCUT2D eigenvalue weighted by atomic mass is 9.96. The predicted octanol–water partition coefficient (Wildman–Crippen LogP) is 12.3. The third kappa shape index (κ3) is 39.6. The number of nitrogens with one attached hydrogen (secondary N) is 1. The zero-order valence-corrected chi connectivity index (χ0v) is 60.3. The van der Waals surface area contributed by atoms with Crippen LogP contribution in [-0.2, 0) is 33.2 Å². The molecule has 3 aliphatic rings. The number of carbonyl (C=O) groups excluding carboxylic acids is 1. The van der Waals surface area contributed by atoms with Crippen molar-refractivity contribution in [2.45, 2.75) is 401 Å². The van der Waals surface area contributed by atoms with Crippen molar-refractivity contribution in [2.75, 3.05) is 26.4 Å². The van der Waals surface area contributed by atoms with E-state index in [4.69, 9.17) is 28.4 Å². The number of allylic oxidation sites excluding steroid dienone is 9. The Morgan fingerprint density at radius 1 is 0.371 bits per heavy atom. The van der Waals surface area contributed by atoms with Crippen molar-refractivity contribution >= 4 is 5.91 Å². The van der Waals surface area contributed by atoms with E-state index in [-0.39, 0.29) is 18.9 Å². The molecule has 17 atom stereocenters. The van der Waals surface area contributed by atoms with Crippen molar-refractivity contribution in [3.05, 3.63) is 60.8 Å². The van der Waals surface area contributed by atoms with E-state index in [1.807, 2.05) is 6.08 Å². The minimum absolute atomic E-state index is 0.233. The summed E-state index contributed by atoms with van der Waals surface area (Å²) in [4.78, 5) is 13.5. The van der Waals surface area contributed by atoms with Crippen LogP contribution in [0.1, 0.15) is 296 Å². The number of aliphatic hydroxyl groups excluding tert-OH is 11. The molecule has 12 N–H and O–H groups in total. The summed E-state index contributed by atoms with van der Waals surface area (Å²) in [7, 11) is 0. The Morgan fingerprint density at radius 3 is 1.09 bits per heavy atom. The second kappa shape index (κ2) is 58.9. The third-order valence-electron chi connectivity index (χ3n) is 19.3. The van der Waals surface area contributed by atoms with Gasteiger partial charge >= 0.3 is 0 Å². The van der Waals surface area contributed by atoms with Crippen LogP contribution in [0, 0.1) is 0 Å². The fourth-order valence-electron chi connectivity index (χ4n) is 13.0. The minimum Gasteiger partial charge on any atom is -0.394 e. The quantitative estimate of drug-likeness (QED) is 0.0199. The van der Waals surface area contributed by atoms with Crippen LogP contribution in [0.4, 0.5) is 0 Å². The van der Waals surface area contributed by atoms with Gasteiger partial charge in [0.25, 0.3) is 0 Å².